The number of carbonyl (C=O) groups is 3. The van der Waals surface area contributed by atoms with Crippen molar-refractivity contribution >= 4 is 17.7 Å². The zero-order valence-corrected chi connectivity index (χ0v) is 24.1. The number of methoxy groups -OCH3 is 1. The summed E-state index contributed by atoms with van der Waals surface area (Å²) in [4.78, 5) is 38.0. The maximum absolute atomic E-state index is 12.9. The molecule has 0 aliphatic heterocycles. The van der Waals surface area contributed by atoms with Crippen molar-refractivity contribution in [1.82, 2.24) is 5.32 Å². The Bertz CT molecular complexity index is 1310. The van der Waals surface area contributed by atoms with Gasteiger partial charge in [0.05, 0.1) is 25.3 Å². The summed E-state index contributed by atoms with van der Waals surface area (Å²) in [6.07, 6.45) is 6.05. The van der Waals surface area contributed by atoms with E-state index in [-0.39, 0.29) is 30.4 Å². The van der Waals surface area contributed by atoms with Crippen molar-refractivity contribution in [1.29, 1.82) is 0 Å². The lowest BCUT2D eigenvalue weighted by atomic mass is 10.0. The molecule has 1 unspecified atom stereocenters. The smallest absolute Gasteiger partial charge is 0.343 e. The summed E-state index contributed by atoms with van der Waals surface area (Å²) in [5, 5.41) is 2.81. The second-order valence-electron chi connectivity index (χ2n) is 9.86. The van der Waals surface area contributed by atoms with Crippen LogP contribution in [0.25, 0.3) is 0 Å². The van der Waals surface area contributed by atoms with Gasteiger partial charge in [-0.1, -0.05) is 56.9 Å². The van der Waals surface area contributed by atoms with E-state index in [1.807, 2.05) is 6.07 Å². The Morgan fingerprint density at radius 1 is 0.902 bits per heavy atom. The number of amides is 1. The largest absolute Gasteiger partial charge is 0.494 e. The highest BCUT2D eigenvalue weighted by molar-refractivity contribution is 5.98. The SMILES string of the molecule is CCCCCCCOc1ccc(C(=O)Oc2ccc(CC(NC(=O)c3ccccc3CN)C(C)=O)cc2OC)cc1. The molecule has 3 aromatic rings. The molecule has 8 nitrogen and oxygen atoms in total. The number of nitrogens with two attached hydrogens (primary N) is 1. The maximum atomic E-state index is 12.9. The van der Waals surface area contributed by atoms with E-state index in [1.54, 1.807) is 60.7 Å². The minimum Gasteiger partial charge on any atom is -0.494 e. The molecule has 0 aliphatic rings. The lowest BCUT2D eigenvalue weighted by Gasteiger charge is -2.18. The van der Waals surface area contributed by atoms with Gasteiger partial charge in [-0.15, -0.1) is 0 Å². The molecular formula is C33H40N2O6. The third-order valence-electron chi connectivity index (χ3n) is 6.76. The highest BCUT2D eigenvalue weighted by Crippen LogP contribution is 2.30. The van der Waals surface area contributed by atoms with E-state index >= 15 is 0 Å². The number of benzene rings is 3. The van der Waals surface area contributed by atoms with Crippen molar-refractivity contribution in [2.24, 2.45) is 5.73 Å². The lowest BCUT2D eigenvalue weighted by molar-refractivity contribution is -0.118. The number of ketones is 1. The molecule has 1 amide bonds. The van der Waals surface area contributed by atoms with Crippen molar-refractivity contribution in [2.45, 2.75) is 65.0 Å². The summed E-state index contributed by atoms with van der Waals surface area (Å²) in [5.74, 6) is 0.191. The van der Waals surface area contributed by atoms with Gasteiger partial charge in [0.1, 0.15) is 5.75 Å². The number of ether oxygens (including phenoxy) is 3. The number of Topliss-reactive ketones (excluding diaryl/α,β-unsaturated/α-hetero) is 1. The third-order valence-corrected chi connectivity index (χ3v) is 6.76. The molecule has 0 aliphatic carbocycles. The molecule has 0 aromatic heterocycles. The molecule has 0 saturated carbocycles. The quantitative estimate of drug-likeness (QED) is 0.132. The van der Waals surface area contributed by atoms with Gasteiger partial charge >= 0.3 is 5.97 Å². The second kappa shape index (κ2) is 16.2. The van der Waals surface area contributed by atoms with Gasteiger partial charge < -0.3 is 25.3 Å². The monoisotopic (exact) mass is 560 g/mol. The minimum absolute atomic E-state index is 0.193. The fourth-order valence-electron chi connectivity index (χ4n) is 4.35. The van der Waals surface area contributed by atoms with Crippen molar-refractivity contribution in [3.8, 4) is 17.2 Å². The van der Waals surface area contributed by atoms with Gasteiger partial charge in [-0.05, 0) is 73.4 Å². The topological polar surface area (TPSA) is 117 Å². The number of esters is 1. The van der Waals surface area contributed by atoms with Crippen LogP contribution >= 0.6 is 0 Å². The Kier molecular flexibility index (Phi) is 12.4. The second-order valence-corrected chi connectivity index (χ2v) is 9.86. The van der Waals surface area contributed by atoms with Crippen molar-refractivity contribution in [3.63, 3.8) is 0 Å². The summed E-state index contributed by atoms with van der Waals surface area (Å²) in [5.41, 5.74) is 7.99. The predicted octanol–water partition coefficient (Wildman–Crippen LogP) is 5.65. The highest BCUT2D eigenvalue weighted by atomic mass is 16.6. The minimum atomic E-state index is -0.761. The molecule has 41 heavy (non-hydrogen) atoms. The molecular weight excluding hydrogens is 520 g/mol. The van der Waals surface area contributed by atoms with Gasteiger partial charge in [-0.3, -0.25) is 9.59 Å². The van der Waals surface area contributed by atoms with Crippen molar-refractivity contribution < 1.29 is 28.6 Å². The molecule has 0 radical (unpaired) electrons. The Morgan fingerprint density at radius 2 is 1.63 bits per heavy atom. The van der Waals surface area contributed by atoms with Crippen LogP contribution in [-0.4, -0.2) is 37.4 Å². The maximum Gasteiger partial charge on any atom is 0.343 e. The summed E-state index contributed by atoms with van der Waals surface area (Å²) in [6.45, 7) is 4.47. The van der Waals surface area contributed by atoms with Crippen LogP contribution in [0.2, 0.25) is 0 Å². The molecule has 0 heterocycles. The van der Waals surface area contributed by atoms with Gasteiger partial charge in [0.25, 0.3) is 5.91 Å². The zero-order chi connectivity index (χ0) is 29.6. The number of carbonyl (C=O) groups excluding carboxylic acids is 3. The molecule has 3 rings (SSSR count). The summed E-state index contributed by atoms with van der Waals surface area (Å²) >= 11 is 0. The summed E-state index contributed by atoms with van der Waals surface area (Å²) in [6, 6.07) is 18.1. The average Bonchev–Trinajstić information content (AvgIpc) is 2.99. The van der Waals surface area contributed by atoms with E-state index in [0.29, 0.717) is 34.8 Å². The molecule has 8 heteroatoms. The number of unbranched alkanes of at least 4 members (excludes halogenated alkanes) is 4. The van der Waals surface area contributed by atoms with Gasteiger partial charge in [0, 0.05) is 12.1 Å². The Balaban J connectivity index is 1.61. The first-order valence-corrected chi connectivity index (χ1v) is 14.1. The molecule has 0 fully saturated rings. The predicted molar refractivity (Wildman–Crippen MR) is 159 cm³/mol. The number of rotatable bonds is 16. The lowest BCUT2D eigenvalue weighted by Crippen LogP contribution is -2.41. The zero-order valence-electron chi connectivity index (χ0n) is 24.1. The van der Waals surface area contributed by atoms with Gasteiger partial charge in [-0.2, -0.15) is 0 Å². The van der Waals surface area contributed by atoms with E-state index < -0.39 is 12.0 Å². The van der Waals surface area contributed by atoms with Crippen LogP contribution < -0.4 is 25.3 Å². The number of nitrogens with one attached hydrogen (secondary N) is 1. The van der Waals surface area contributed by atoms with Crippen LogP contribution in [0.15, 0.2) is 66.7 Å². The van der Waals surface area contributed by atoms with Crippen LogP contribution in [0.5, 0.6) is 17.2 Å². The molecule has 3 N–H and O–H groups in total. The first kappa shape index (κ1) is 31.4. The van der Waals surface area contributed by atoms with Crippen LogP contribution in [0, 0.1) is 0 Å². The van der Waals surface area contributed by atoms with Crippen molar-refractivity contribution in [2.75, 3.05) is 13.7 Å². The standard InChI is InChI=1S/C33H40N2O6/c1-4-5-6-7-10-19-40-27-16-14-25(15-17-27)33(38)41-30-18-13-24(21-31(30)39-3)20-29(23(2)36)35-32(37)28-12-9-8-11-26(28)22-34/h8-9,11-18,21,29H,4-7,10,19-20,22,34H2,1-3H3,(H,35,37). The number of hydrogen-bond donors (Lipinski definition) is 2. The Hall–Kier alpha value is -4.17. The Morgan fingerprint density at radius 3 is 2.32 bits per heavy atom. The van der Waals surface area contributed by atoms with Crippen molar-refractivity contribution in [3.05, 3.63) is 89.0 Å². The van der Waals surface area contributed by atoms with Gasteiger partial charge in [0.2, 0.25) is 0 Å². The first-order chi connectivity index (χ1) is 19.9. The molecule has 0 spiro atoms. The summed E-state index contributed by atoms with van der Waals surface area (Å²) < 4.78 is 16.8. The molecule has 3 aromatic carbocycles. The van der Waals surface area contributed by atoms with E-state index in [1.165, 1.54) is 33.3 Å². The van der Waals surface area contributed by atoms with Crippen LogP contribution in [0.3, 0.4) is 0 Å². The molecule has 1 atom stereocenters. The highest BCUT2D eigenvalue weighted by Gasteiger charge is 2.21. The van der Waals surface area contributed by atoms with Gasteiger partial charge in [0.15, 0.2) is 17.3 Å². The number of hydrogen-bond acceptors (Lipinski definition) is 7. The van der Waals surface area contributed by atoms with E-state index in [0.717, 1.165) is 18.4 Å². The molecule has 0 saturated heterocycles. The molecule has 218 valence electrons. The fraction of sp³-hybridized carbons (Fsp3) is 0.364. The van der Waals surface area contributed by atoms with E-state index in [4.69, 9.17) is 19.9 Å². The summed E-state index contributed by atoms with van der Waals surface area (Å²) in [7, 11) is 1.47. The van der Waals surface area contributed by atoms with E-state index in [9.17, 15) is 14.4 Å². The fourth-order valence-corrected chi connectivity index (χ4v) is 4.35. The third kappa shape index (κ3) is 9.46. The van der Waals surface area contributed by atoms with E-state index in [2.05, 4.69) is 12.2 Å². The molecule has 0 bridgehead atoms. The average molecular weight is 561 g/mol. The van der Waals surface area contributed by atoms with Gasteiger partial charge in [-0.25, -0.2) is 4.79 Å². The first-order valence-electron chi connectivity index (χ1n) is 14.1. The Labute approximate surface area is 242 Å². The van der Waals surface area contributed by atoms with Crippen LogP contribution in [-0.2, 0) is 17.8 Å². The van der Waals surface area contributed by atoms with Crippen LogP contribution in [0.4, 0.5) is 0 Å². The normalized spacial score (nSPS) is 11.4. The van der Waals surface area contributed by atoms with Crippen LogP contribution in [0.1, 0.15) is 77.8 Å².